The minimum absolute atomic E-state index is 0.326. The predicted octanol–water partition coefficient (Wildman–Crippen LogP) is 2.92. The van der Waals surface area contributed by atoms with Crippen molar-refractivity contribution in [2.75, 3.05) is 12.4 Å². The minimum atomic E-state index is 0.326. The maximum absolute atomic E-state index is 4.34. The van der Waals surface area contributed by atoms with E-state index in [-0.39, 0.29) is 0 Å². The number of anilines is 1. The van der Waals surface area contributed by atoms with Crippen molar-refractivity contribution in [1.82, 2.24) is 10.2 Å². The lowest BCUT2D eigenvalue weighted by atomic mass is 9.72. The standard InChI is InChI=1S/C12H21N3/c1-12(2,3)9-7-5-6-8-10(9)14-15-11(8)13-4/h9H,5-7H2,1-4H3,(H2,13,14,15). The molecule has 0 bridgehead atoms. The van der Waals surface area contributed by atoms with Crippen LogP contribution in [0.25, 0.3) is 0 Å². The van der Waals surface area contributed by atoms with Gasteiger partial charge in [0.1, 0.15) is 0 Å². The fourth-order valence-corrected chi connectivity index (χ4v) is 2.62. The van der Waals surface area contributed by atoms with Crippen LogP contribution in [0.15, 0.2) is 0 Å². The zero-order valence-electron chi connectivity index (χ0n) is 10.1. The van der Waals surface area contributed by atoms with Gasteiger partial charge in [0.05, 0.1) is 0 Å². The number of fused-ring (bicyclic) bond motifs is 1. The zero-order valence-corrected chi connectivity index (χ0v) is 10.1. The number of nitrogens with zero attached hydrogens (tertiary/aromatic N) is 1. The molecule has 1 heterocycles. The highest BCUT2D eigenvalue weighted by Crippen LogP contribution is 2.43. The number of aromatic amines is 1. The number of hydrogen-bond acceptors (Lipinski definition) is 2. The number of rotatable bonds is 1. The van der Waals surface area contributed by atoms with Crippen LogP contribution >= 0.6 is 0 Å². The van der Waals surface area contributed by atoms with Crippen molar-refractivity contribution in [3.8, 4) is 0 Å². The summed E-state index contributed by atoms with van der Waals surface area (Å²) in [6, 6.07) is 0. The summed E-state index contributed by atoms with van der Waals surface area (Å²) in [5, 5.41) is 10.7. The predicted molar refractivity (Wildman–Crippen MR) is 63.3 cm³/mol. The first-order valence-electron chi connectivity index (χ1n) is 5.79. The van der Waals surface area contributed by atoms with Crippen LogP contribution in [0.5, 0.6) is 0 Å². The molecule has 0 radical (unpaired) electrons. The molecule has 1 aromatic heterocycles. The van der Waals surface area contributed by atoms with Crippen molar-refractivity contribution in [3.63, 3.8) is 0 Å². The molecule has 1 aliphatic rings. The van der Waals surface area contributed by atoms with Gasteiger partial charge in [-0.25, -0.2) is 0 Å². The summed E-state index contributed by atoms with van der Waals surface area (Å²) in [6.07, 6.45) is 3.72. The van der Waals surface area contributed by atoms with Crippen LogP contribution in [0.3, 0.4) is 0 Å². The maximum Gasteiger partial charge on any atom is 0.151 e. The summed E-state index contributed by atoms with van der Waals surface area (Å²) >= 11 is 0. The first kappa shape index (κ1) is 10.5. The Morgan fingerprint density at radius 1 is 1.40 bits per heavy atom. The molecule has 0 aromatic carbocycles. The van der Waals surface area contributed by atoms with Crippen LogP contribution in [0, 0.1) is 5.41 Å². The van der Waals surface area contributed by atoms with E-state index in [0.717, 1.165) is 12.2 Å². The maximum atomic E-state index is 4.34. The quantitative estimate of drug-likeness (QED) is 0.743. The third-order valence-electron chi connectivity index (χ3n) is 3.45. The summed E-state index contributed by atoms with van der Waals surface area (Å²) in [5.41, 5.74) is 3.09. The number of nitrogens with one attached hydrogen (secondary N) is 2. The van der Waals surface area contributed by atoms with Gasteiger partial charge in [0, 0.05) is 24.2 Å². The Labute approximate surface area is 91.7 Å². The van der Waals surface area contributed by atoms with Crippen LogP contribution in [0.4, 0.5) is 5.82 Å². The molecule has 2 N–H and O–H groups in total. The summed E-state index contributed by atoms with van der Waals surface area (Å²) in [4.78, 5) is 0. The molecule has 0 amide bonds. The Morgan fingerprint density at radius 3 is 2.73 bits per heavy atom. The molecular weight excluding hydrogens is 186 g/mol. The molecule has 1 unspecified atom stereocenters. The first-order chi connectivity index (χ1) is 7.04. The van der Waals surface area contributed by atoms with Gasteiger partial charge in [0.2, 0.25) is 0 Å². The van der Waals surface area contributed by atoms with E-state index in [9.17, 15) is 0 Å². The van der Waals surface area contributed by atoms with Crippen molar-refractivity contribution >= 4 is 5.82 Å². The summed E-state index contributed by atoms with van der Waals surface area (Å²) in [7, 11) is 1.94. The van der Waals surface area contributed by atoms with E-state index in [2.05, 4.69) is 36.3 Å². The second-order valence-electron chi connectivity index (χ2n) is 5.53. The summed E-state index contributed by atoms with van der Waals surface area (Å²) in [5.74, 6) is 1.66. The molecule has 3 nitrogen and oxygen atoms in total. The third kappa shape index (κ3) is 1.75. The van der Waals surface area contributed by atoms with Crippen LogP contribution in [0.1, 0.15) is 50.8 Å². The largest absolute Gasteiger partial charge is 0.371 e. The van der Waals surface area contributed by atoms with Gasteiger partial charge in [0.15, 0.2) is 5.82 Å². The molecular formula is C12H21N3. The van der Waals surface area contributed by atoms with Crippen LogP contribution in [-0.2, 0) is 6.42 Å². The Morgan fingerprint density at radius 2 is 2.13 bits per heavy atom. The molecule has 0 aliphatic heterocycles. The van der Waals surface area contributed by atoms with Gasteiger partial charge in [-0.1, -0.05) is 20.8 Å². The van der Waals surface area contributed by atoms with E-state index in [1.807, 2.05) is 7.05 Å². The monoisotopic (exact) mass is 207 g/mol. The lowest BCUT2D eigenvalue weighted by Gasteiger charge is -2.33. The van der Waals surface area contributed by atoms with Crippen LogP contribution in [0.2, 0.25) is 0 Å². The van der Waals surface area contributed by atoms with E-state index < -0.39 is 0 Å². The highest BCUT2D eigenvalue weighted by atomic mass is 15.2. The SMILES string of the molecule is CNc1n[nH]c2c1CCCC2C(C)(C)C. The van der Waals surface area contributed by atoms with Crippen molar-refractivity contribution < 1.29 is 0 Å². The van der Waals surface area contributed by atoms with E-state index in [0.29, 0.717) is 11.3 Å². The third-order valence-corrected chi connectivity index (χ3v) is 3.45. The molecule has 0 spiro atoms. The van der Waals surface area contributed by atoms with Crippen molar-refractivity contribution in [1.29, 1.82) is 0 Å². The van der Waals surface area contributed by atoms with Gasteiger partial charge >= 0.3 is 0 Å². The average Bonchev–Trinajstić information content (AvgIpc) is 2.58. The minimum Gasteiger partial charge on any atom is -0.371 e. The normalized spacial score (nSPS) is 21.2. The highest BCUT2D eigenvalue weighted by Gasteiger charge is 2.33. The van der Waals surface area contributed by atoms with Gasteiger partial charge in [-0.3, -0.25) is 5.10 Å². The molecule has 84 valence electrons. The topological polar surface area (TPSA) is 40.7 Å². The van der Waals surface area contributed by atoms with Gasteiger partial charge in [-0.05, 0) is 24.7 Å². The molecule has 0 saturated heterocycles. The number of hydrogen-bond donors (Lipinski definition) is 2. The van der Waals surface area contributed by atoms with Crippen molar-refractivity contribution in [3.05, 3.63) is 11.3 Å². The van der Waals surface area contributed by atoms with E-state index in [1.54, 1.807) is 0 Å². The second kappa shape index (κ2) is 3.54. The van der Waals surface area contributed by atoms with Crippen molar-refractivity contribution in [2.45, 2.75) is 46.0 Å². The Balaban J connectivity index is 2.39. The van der Waals surface area contributed by atoms with E-state index in [4.69, 9.17) is 0 Å². The highest BCUT2D eigenvalue weighted by molar-refractivity contribution is 5.48. The van der Waals surface area contributed by atoms with Gasteiger partial charge in [0.25, 0.3) is 0 Å². The smallest absolute Gasteiger partial charge is 0.151 e. The second-order valence-corrected chi connectivity index (χ2v) is 5.53. The lowest BCUT2D eigenvalue weighted by Crippen LogP contribution is -2.23. The molecule has 0 fully saturated rings. The van der Waals surface area contributed by atoms with Crippen LogP contribution < -0.4 is 5.32 Å². The average molecular weight is 207 g/mol. The molecule has 3 heteroatoms. The molecule has 1 atom stereocenters. The van der Waals surface area contributed by atoms with Crippen LogP contribution in [-0.4, -0.2) is 17.2 Å². The Kier molecular flexibility index (Phi) is 2.49. The molecule has 1 aromatic rings. The fourth-order valence-electron chi connectivity index (χ4n) is 2.62. The molecule has 0 saturated carbocycles. The zero-order chi connectivity index (χ0) is 11.1. The molecule has 2 rings (SSSR count). The van der Waals surface area contributed by atoms with Crippen molar-refractivity contribution in [2.24, 2.45) is 5.41 Å². The van der Waals surface area contributed by atoms with Gasteiger partial charge in [-0.15, -0.1) is 0 Å². The first-order valence-corrected chi connectivity index (χ1v) is 5.79. The van der Waals surface area contributed by atoms with E-state index >= 15 is 0 Å². The number of H-pyrrole nitrogens is 1. The van der Waals surface area contributed by atoms with Gasteiger partial charge in [-0.2, -0.15) is 5.10 Å². The Bertz CT molecular complexity index is 346. The van der Waals surface area contributed by atoms with E-state index in [1.165, 1.54) is 24.1 Å². The molecule has 1 aliphatic carbocycles. The summed E-state index contributed by atoms with van der Waals surface area (Å²) in [6.45, 7) is 6.94. The fraction of sp³-hybridized carbons (Fsp3) is 0.750. The lowest BCUT2D eigenvalue weighted by molar-refractivity contribution is 0.284. The number of aromatic nitrogens is 2. The molecule has 15 heavy (non-hydrogen) atoms. The Hall–Kier alpha value is -0.990. The summed E-state index contributed by atoms with van der Waals surface area (Å²) < 4.78 is 0. The van der Waals surface area contributed by atoms with Gasteiger partial charge < -0.3 is 5.32 Å².